The Kier molecular flexibility index (Phi) is 4.90. The van der Waals surface area contributed by atoms with Crippen LogP contribution in [0.2, 0.25) is 0 Å². The fraction of sp³-hybridized carbons (Fsp3) is 0.190. The van der Waals surface area contributed by atoms with Crippen molar-refractivity contribution in [1.82, 2.24) is 15.6 Å². The second-order valence-electron chi connectivity index (χ2n) is 6.56. The third-order valence-corrected chi connectivity index (χ3v) is 4.89. The Morgan fingerprint density at radius 1 is 1.21 bits per heavy atom. The van der Waals surface area contributed by atoms with Crippen molar-refractivity contribution in [3.8, 4) is 28.5 Å². The zero-order valence-electron chi connectivity index (χ0n) is 16.0. The number of nitrogens with one attached hydrogen (secondary N) is 2. The van der Waals surface area contributed by atoms with Gasteiger partial charge in [0.25, 0.3) is 5.91 Å². The first-order valence-corrected chi connectivity index (χ1v) is 9.06. The summed E-state index contributed by atoms with van der Waals surface area (Å²) in [5.41, 5.74) is 7.50. The Morgan fingerprint density at radius 3 is 2.66 bits per heavy atom. The molecule has 148 valence electrons. The van der Waals surface area contributed by atoms with E-state index in [1.807, 2.05) is 18.2 Å². The molecular formula is C21H20N4O4. The third-order valence-electron chi connectivity index (χ3n) is 4.89. The summed E-state index contributed by atoms with van der Waals surface area (Å²) in [5.74, 6) is 0.0319. The second kappa shape index (κ2) is 7.67. The number of carbonyl (C=O) groups is 1. The number of hydrazone groups is 1. The predicted octanol–water partition coefficient (Wildman–Crippen LogP) is 2.66. The molecule has 0 unspecified atom stereocenters. The van der Waals surface area contributed by atoms with Gasteiger partial charge in [0, 0.05) is 16.7 Å². The van der Waals surface area contributed by atoms with Crippen LogP contribution in [-0.4, -0.2) is 41.6 Å². The molecule has 1 aromatic heterocycles. The van der Waals surface area contributed by atoms with Crippen molar-refractivity contribution in [3.05, 3.63) is 58.8 Å². The molecule has 1 aliphatic rings. The number of methoxy groups -OCH3 is 2. The average Bonchev–Trinajstić information content (AvgIpc) is 3.19. The molecule has 1 amide bonds. The first kappa shape index (κ1) is 18.5. The van der Waals surface area contributed by atoms with Crippen LogP contribution in [0.4, 0.5) is 0 Å². The molecule has 1 aliphatic carbocycles. The number of phenols is 1. The van der Waals surface area contributed by atoms with Crippen LogP contribution in [-0.2, 0) is 12.8 Å². The fourth-order valence-corrected chi connectivity index (χ4v) is 3.46. The Balaban J connectivity index is 1.53. The number of H-pyrrole nitrogens is 1. The van der Waals surface area contributed by atoms with Crippen molar-refractivity contribution in [2.24, 2.45) is 5.10 Å². The molecule has 3 aromatic rings. The van der Waals surface area contributed by atoms with Gasteiger partial charge in [0.05, 0.1) is 26.1 Å². The van der Waals surface area contributed by atoms with E-state index in [0.29, 0.717) is 11.3 Å². The van der Waals surface area contributed by atoms with E-state index in [1.54, 1.807) is 12.1 Å². The maximum atomic E-state index is 12.6. The van der Waals surface area contributed by atoms with Gasteiger partial charge in [-0.2, -0.15) is 10.2 Å². The molecule has 0 saturated carbocycles. The van der Waals surface area contributed by atoms with Gasteiger partial charge in [0.15, 0.2) is 11.5 Å². The summed E-state index contributed by atoms with van der Waals surface area (Å²) >= 11 is 0. The first-order chi connectivity index (χ1) is 14.1. The highest BCUT2D eigenvalue weighted by atomic mass is 16.5. The smallest absolute Gasteiger partial charge is 0.289 e. The lowest BCUT2D eigenvalue weighted by molar-refractivity contribution is 0.0949. The van der Waals surface area contributed by atoms with Crippen LogP contribution < -0.4 is 14.9 Å². The van der Waals surface area contributed by atoms with Crippen molar-refractivity contribution >= 4 is 12.1 Å². The number of benzene rings is 2. The number of nitrogens with zero attached hydrogens (tertiary/aromatic N) is 2. The van der Waals surface area contributed by atoms with Gasteiger partial charge in [-0.05, 0) is 30.5 Å². The van der Waals surface area contributed by atoms with E-state index in [1.165, 1.54) is 26.0 Å². The van der Waals surface area contributed by atoms with Gasteiger partial charge in [-0.1, -0.05) is 24.3 Å². The maximum Gasteiger partial charge on any atom is 0.289 e. The van der Waals surface area contributed by atoms with E-state index in [-0.39, 0.29) is 23.2 Å². The van der Waals surface area contributed by atoms with Gasteiger partial charge in [0.1, 0.15) is 5.69 Å². The standard InChI is InChI=1S/C21H20N4O4/c1-28-16-9-12(10-17(29-2)20(16)26)11-22-25-21(27)19-15-8-7-13-5-3-4-6-14(13)18(15)23-24-19/h3-6,9-11,26H,7-8H2,1-2H3,(H,23,24)(H,25,27). The second-order valence-corrected chi connectivity index (χ2v) is 6.56. The number of hydrogen-bond donors (Lipinski definition) is 3. The lowest BCUT2D eigenvalue weighted by Gasteiger charge is -2.15. The van der Waals surface area contributed by atoms with Crippen LogP contribution in [0.25, 0.3) is 11.3 Å². The Morgan fingerprint density at radius 2 is 1.93 bits per heavy atom. The van der Waals surface area contributed by atoms with E-state index in [0.717, 1.165) is 29.7 Å². The minimum atomic E-state index is -0.368. The summed E-state index contributed by atoms with van der Waals surface area (Å²) in [5, 5.41) is 21.1. The van der Waals surface area contributed by atoms with Crippen molar-refractivity contribution in [3.63, 3.8) is 0 Å². The number of amides is 1. The molecule has 4 rings (SSSR count). The van der Waals surface area contributed by atoms with Gasteiger partial charge in [-0.25, -0.2) is 5.43 Å². The molecule has 2 aromatic carbocycles. The fourth-order valence-electron chi connectivity index (χ4n) is 3.46. The van der Waals surface area contributed by atoms with E-state index in [4.69, 9.17) is 9.47 Å². The Hall–Kier alpha value is -3.81. The number of aromatic amines is 1. The van der Waals surface area contributed by atoms with Crippen molar-refractivity contribution in [2.75, 3.05) is 14.2 Å². The van der Waals surface area contributed by atoms with Crippen LogP contribution in [0.15, 0.2) is 41.5 Å². The summed E-state index contributed by atoms with van der Waals surface area (Å²) in [6.07, 6.45) is 3.04. The molecule has 0 atom stereocenters. The minimum absolute atomic E-state index is 0.0967. The van der Waals surface area contributed by atoms with Gasteiger partial charge in [-0.3, -0.25) is 9.89 Å². The first-order valence-electron chi connectivity index (χ1n) is 9.06. The molecule has 1 heterocycles. The lowest BCUT2D eigenvalue weighted by Crippen LogP contribution is -2.20. The SMILES string of the molecule is COc1cc(C=NNC(=O)c2[nH]nc3c2CCc2ccccc2-3)cc(OC)c1O. The Labute approximate surface area is 167 Å². The summed E-state index contributed by atoms with van der Waals surface area (Å²) < 4.78 is 10.2. The normalized spacial score (nSPS) is 12.3. The highest BCUT2D eigenvalue weighted by Crippen LogP contribution is 2.36. The summed E-state index contributed by atoms with van der Waals surface area (Å²) in [7, 11) is 2.88. The Bertz CT molecular complexity index is 1080. The summed E-state index contributed by atoms with van der Waals surface area (Å²) in [6.45, 7) is 0. The van der Waals surface area contributed by atoms with E-state index >= 15 is 0 Å². The quantitative estimate of drug-likeness (QED) is 0.457. The van der Waals surface area contributed by atoms with Crippen LogP contribution >= 0.6 is 0 Å². The number of aromatic hydroxyl groups is 1. The van der Waals surface area contributed by atoms with Crippen molar-refractivity contribution in [2.45, 2.75) is 12.8 Å². The van der Waals surface area contributed by atoms with Gasteiger partial charge < -0.3 is 14.6 Å². The van der Waals surface area contributed by atoms with Gasteiger partial charge in [0.2, 0.25) is 5.75 Å². The van der Waals surface area contributed by atoms with Crippen LogP contribution in [0.3, 0.4) is 0 Å². The third kappa shape index (κ3) is 3.40. The largest absolute Gasteiger partial charge is 0.502 e. The van der Waals surface area contributed by atoms with Gasteiger partial charge >= 0.3 is 0 Å². The van der Waals surface area contributed by atoms with Gasteiger partial charge in [-0.15, -0.1) is 0 Å². The lowest BCUT2D eigenvalue weighted by atomic mass is 9.89. The monoisotopic (exact) mass is 392 g/mol. The minimum Gasteiger partial charge on any atom is -0.502 e. The predicted molar refractivity (Wildman–Crippen MR) is 108 cm³/mol. The zero-order chi connectivity index (χ0) is 20.4. The summed E-state index contributed by atoms with van der Waals surface area (Å²) in [4.78, 5) is 12.6. The van der Waals surface area contributed by atoms with Crippen LogP contribution in [0.5, 0.6) is 17.2 Å². The molecule has 0 bridgehead atoms. The maximum absolute atomic E-state index is 12.6. The topological polar surface area (TPSA) is 109 Å². The molecule has 0 radical (unpaired) electrons. The van der Waals surface area contributed by atoms with E-state index in [2.05, 4.69) is 26.8 Å². The molecule has 29 heavy (non-hydrogen) atoms. The number of phenolic OH excluding ortho intramolecular Hbond substituents is 1. The zero-order valence-corrected chi connectivity index (χ0v) is 16.0. The van der Waals surface area contributed by atoms with Crippen molar-refractivity contribution in [1.29, 1.82) is 0 Å². The molecule has 0 aliphatic heterocycles. The molecule has 0 saturated heterocycles. The molecular weight excluding hydrogens is 372 g/mol. The number of rotatable bonds is 5. The number of ether oxygens (including phenoxy) is 2. The highest BCUT2D eigenvalue weighted by Gasteiger charge is 2.24. The van der Waals surface area contributed by atoms with Crippen LogP contribution in [0.1, 0.15) is 27.2 Å². The van der Waals surface area contributed by atoms with E-state index < -0.39 is 0 Å². The number of aryl methyl sites for hydroxylation is 1. The number of hydrogen-bond acceptors (Lipinski definition) is 6. The van der Waals surface area contributed by atoms with Crippen molar-refractivity contribution < 1.29 is 19.4 Å². The molecule has 0 fully saturated rings. The van der Waals surface area contributed by atoms with E-state index in [9.17, 15) is 9.90 Å². The average molecular weight is 392 g/mol. The molecule has 0 spiro atoms. The number of carbonyl (C=O) groups excluding carboxylic acids is 1. The molecule has 8 heteroatoms. The van der Waals surface area contributed by atoms with Crippen LogP contribution in [0, 0.1) is 0 Å². The molecule has 3 N–H and O–H groups in total. The summed E-state index contributed by atoms with van der Waals surface area (Å²) in [6, 6.07) is 11.2. The molecule has 8 nitrogen and oxygen atoms in total. The highest BCUT2D eigenvalue weighted by molar-refractivity contribution is 5.96. The number of fused-ring (bicyclic) bond motifs is 3. The number of aromatic nitrogens is 2.